The van der Waals surface area contributed by atoms with Crippen LogP contribution in [-0.4, -0.2) is 35.1 Å². The predicted octanol–water partition coefficient (Wildman–Crippen LogP) is 4.04. The van der Waals surface area contributed by atoms with E-state index in [9.17, 15) is 13.6 Å². The van der Waals surface area contributed by atoms with E-state index in [4.69, 9.17) is 0 Å². The third kappa shape index (κ3) is 2.70. The van der Waals surface area contributed by atoms with Gasteiger partial charge in [0.2, 0.25) is 5.91 Å². The van der Waals surface area contributed by atoms with E-state index in [1.807, 2.05) is 23.3 Å². The number of amides is 1. The molecule has 3 nitrogen and oxygen atoms in total. The summed E-state index contributed by atoms with van der Waals surface area (Å²) in [4.78, 5) is 14.8. The van der Waals surface area contributed by atoms with Gasteiger partial charge in [-0.3, -0.25) is 4.79 Å². The second-order valence-electron chi connectivity index (χ2n) is 6.32. The number of hydrogen-bond acceptors (Lipinski definition) is 1. The van der Waals surface area contributed by atoms with Gasteiger partial charge in [-0.25, -0.2) is 8.78 Å². The van der Waals surface area contributed by atoms with Crippen molar-refractivity contribution in [1.82, 2.24) is 9.47 Å². The Labute approximate surface area is 141 Å². The third-order valence-corrected chi connectivity index (χ3v) is 5.11. The molecule has 1 aromatic carbocycles. The molecular weight excluding hydrogens is 310 g/mol. The van der Waals surface area contributed by atoms with Gasteiger partial charge in [-0.1, -0.05) is 0 Å². The van der Waals surface area contributed by atoms with Crippen molar-refractivity contribution in [2.75, 3.05) is 19.8 Å². The van der Waals surface area contributed by atoms with E-state index in [0.717, 1.165) is 35.9 Å². The minimum atomic E-state index is -0.499. The lowest BCUT2D eigenvalue weighted by atomic mass is 9.84. The summed E-state index contributed by atoms with van der Waals surface area (Å²) in [6.45, 7) is 5.03. The van der Waals surface area contributed by atoms with Crippen LogP contribution in [0, 0.1) is 5.82 Å². The van der Waals surface area contributed by atoms with E-state index < -0.39 is 6.67 Å². The molecule has 1 aliphatic carbocycles. The van der Waals surface area contributed by atoms with Crippen molar-refractivity contribution in [1.29, 1.82) is 0 Å². The van der Waals surface area contributed by atoms with Gasteiger partial charge in [-0.2, -0.15) is 0 Å². The molecule has 130 valence electrons. The average molecular weight is 334 g/mol. The van der Waals surface area contributed by atoms with Crippen molar-refractivity contribution in [3.8, 4) is 0 Å². The van der Waals surface area contributed by atoms with Gasteiger partial charge in [0.1, 0.15) is 12.5 Å². The number of nitrogens with zero attached hydrogens (tertiary/aromatic N) is 2. The molecule has 0 saturated carbocycles. The molecule has 3 rings (SSSR count). The fraction of sp³-hybridized carbons (Fsp3) is 0.526. The van der Waals surface area contributed by atoms with Gasteiger partial charge >= 0.3 is 0 Å². The van der Waals surface area contributed by atoms with Gasteiger partial charge < -0.3 is 9.47 Å². The fourth-order valence-corrected chi connectivity index (χ4v) is 4.02. The number of alkyl halides is 1. The summed E-state index contributed by atoms with van der Waals surface area (Å²) in [5.41, 5.74) is 2.70. The second-order valence-corrected chi connectivity index (χ2v) is 6.32. The van der Waals surface area contributed by atoms with Crippen LogP contribution in [0.3, 0.4) is 0 Å². The summed E-state index contributed by atoms with van der Waals surface area (Å²) < 4.78 is 28.7. The Kier molecular flexibility index (Phi) is 4.88. The van der Waals surface area contributed by atoms with E-state index in [-0.39, 0.29) is 24.2 Å². The number of carbonyl (C=O) groups excluding carboxylic acids is 1. The summed E-state index contributed by atoms with van der Waals surface area (Å²) in [5.74, 6) is -0.406. The normalized spacial score (nSPS) is 17.1. The third-order valence-electron chi connectivity index (χ3n) is 5.11. The van der Waals surface area contributed by atoms with Crippen LogP contribution in [-0.2, 0) is 17.8 Å². The molecule has 0 fully saturated rings. The minimum absolute atomic E-state index is 0.129. The molecule has 0 N–H and O–H groups in total. The first-order valence-electron chi connectivity index (χ1n) is 8.77. The number of fused-ring (bicyclic) bond motifs is 3. The van der Waals surface area contributed by atoms with Crippen LogP contribution in [0.5, 0.6) is 0 Å². The van der Waals surface area contributed by atoms with E-state index >= 15 is 0 Å². The predicted molar refractivity (Wildman–Crippen MR) is 91.5 cm³/mol. The highest BCUT2D eigenvalue weighted by molar-refractivity contribution is 5.94. The van der Waals surface area contributed by atoms with E-state index in [0.29, 0.717) is 18.6 Å². The number of likely N-dealkylation sites (N-methyl/N-ethyl adjacent to an activating group) is 1. The molecule has 0 bridgehead atoms. The van der Waals surface area contributed by atoms with E-state index in [2.05, 4.69) is 0 Å². The highest BCUT2D eigenvalue weighted by Gasteiger charge is 2.33. The Hall–Kier alpha value is -1.91. The lowest BCUT2D eigenvalue weighted by Crippen LogP contribution is -2.36. The molecule has 1 aromatic heterocycles. The molecule has 0 aliphatic heterocycles. The van der Waals surface area contributed by atoms with Crippen molar-refractivity contribution in [3.05, 3.63) is 35.3 Å². The minimum Gasteiger partial charge on any atom is -0.343 e. The van der Waals surface area contributed by atoms with Gasteiger partial charge in [0.15, 0.2) is 0 Å². The van der Waals surface area contributed by atoms with Crippen LogP contribution in [0.15, 0.2) is 18.2 Å². The zero-order valence-electron chi connectivity index (χ0n) is 14.3. The van der Waals surface area contributed by atoms with Gasteiger partial charge in [-0.05, 0) is 56.9 Å². The highest BCUT2D eigenvalue weighted by atomic mass is 19.1. The highest BCUT2D eigenvalue weighted by Crippen LogP contribution is 2.40. The van der Waals surface area contributed by atoms with E-state index in [1.165, 1.54) is 12.1 Å². The van der Waals surface area contributed by atoms with Gasteiger partial charge in [-0.15, -0.1) is 0 Å². The molecule has 2 aromatic rings. The van der Waals surface area contributed by atoms with Crippen molar-refractivity contribution in [3.63, 3.8) is 0 Å². The van der Waals surface area contributed by atoms with Crippen molar-refractivity contribution in [2.45, 2.75) is 45.6 Å². The van der Waals surface area contributed by atoms with Crippen LogP contribution in [0.25, 0.3) is 10.9 Å². The standard InChI is InChI=1S/C19H24F2N2O/c1-3-22(4-2)19(24)15-6-5-7-16-18(15)14-9-8-13(21)12-17(14)23(16)11-10-20/h8-9,12,15H,3-7,10-11H2,1-2H3/i20+0. The molecule has 0 radical (unpaired) electrons. The van der Waals surface area contributed by atoms with Gasteiger partial charge in [0.05, 0.1) is 18.0 Å². The smallest absolute Gasteiger partial charge is 0.230 e. The number of aromatic nitrogens is 1. The van der Waals surface area contributed by atoms with Crippen LogP contribution < -0.4 is 0 Å². The first kappa shape index (κ1) is 16.9. The Balaban J connectivity index is 2.17. The number of halogens is 2. The van der Waals surface area contributed by atoms with Gasteiger partial charge in [0.25, 0.3) is 0 Å². The maximum absolute atomic E-state index is 13.7. The molecule has 1 amide bonds. The fourth-order valence-electron chi connectivity index (χ4n) is 4.02. The Morgan fingerprint density at radius 1 is 1.33 bits per heavy atom. The molecule has 0 spiro atoms. The summed E-state index contributed by atoms with van der Waals surface area (Å²) in [6.07, 6.45) is 2.51. The number of hydrogen-bond donors (Lipinski definition) is 0. The number of carbonyl (C=O) groups is 1. The lowest BCUT2D eigenvalue weighted by Gasteiger charge is -2.29. The number of benzene rings is 1. The monoisotopic (exact) mass is 334 g/mol. The zero-order chi connectivity index (χ0) is 17.3. The molecule has 5 heteroatoms. The zero-order valence-corrected chi connectivity index (χ0v) is 14.3. The first-order valence-corrected chi connectivity index (χ1v) is 8.77. The SMILES string of the molecule is CCN(CC)C(=O)C1CCCc2c1c1ccc(F)cc1n2CC[19F]. The topological polar surface area (TPSA) is 25.2 Å². The number of rotatable bonds is 5. The quantitative estimate of drug-likeness (QED) is 0.810. The van der Waals surface area contributed by atoms with Crippen LogP contribution in [0.1, 0.15) is 43.9 Å². The van der Waals surface area contributed by atoms with Crippen molar-refractivity contribution < 1.29 is 13.6 Å². The van der Waals surface area contributed by atoms with Crippen LogP contribution in [0.2, 0.25) is 0 Å². The maximum Gasteiger partial charge on any atom is 0.230 e. The van der Waals surface area contributed by atoms with Crippen LogP contribution in [0.4, 0.5) is 8.78 Å². The maximum atomic E-state index is 13.7. The van der Waals surface area contributed by atoms with E-state index in [1.54, 1.807) is 6.07 Å². The lowest BCUT2D eigenvalue weighted by molar-refractivity contribution is -0.132. The molecule has 24 heavy (non-hydrogen) atoms. The van der Waals surface area contributed by atoms with Crippen LogP contribution >= 0.6 is 0 Å². The van der Waals surface area contributed by atoms with Gasteiger partial charge in [0, 0.05) is 24.2 Å². The Bertz CT molecular complexity index is 749. The largest absolute Gasteiger partial charge is 0.343 e. The molecular formula is C19H24F2N2O. The molecule has 1 heterocycles. The second kappa shape index (κ2) is 6.91. The summed E-state index contributed by atoms with van der Waals surface area (Å²) >= 11 is 0. The molecule has 1 aliphatic rings. The Morgan fingerprint density at radius 2 is 2.08 bits per heavy atom. The molecule has 1 unspecified atom stereocenters. The molecule has 1 atom stereocenters. The summed E-state index contributed by atoms with van der Waals surface area (Å²) in [5, 5.41) is 0.894. The first-order chi connectivity index (χ1) is 11.6. The molecule has 0 saturated heterocycles. The average Bonchev–Trinajstić information content (AvgIpc) is 2.89. The summed E-state index contributed by atoms with van der Waals surface area (Å²) in [7, 11) is 0. The van der Waals surface area contributed by atoms with Crippen molar-refractivity contribution in [2.24, 2.45) is 0 Å². The summed E-state index contributed by atoms with van der Waals surface area (Å²) in [6, 6.07) is 4.63. The number of aryl methyl sites for hydroxylation is 1. The van der Waals surface area contributed by atoms with Crippen molar-refractivity contribution >= 4 is 16.8 Å². The Morgan fingerprint density at radius 3 is 2.75 bits per heavy atom.